The molecular formula is C18H19N3O3S2. The van der Waals surface area contributed by atoms with E-state index in [1.807, 2.05) is 24.3 Å². The van der Waals surface area contributed by atoms with Crippen LogP contribution < -0.4 is 10.6 Å². The summed E-state index contributed by atoms with van der Waals surface area (Å²) in [7, 11) is 0. The lowest BCUT2D eigenvalue weighted by Crippen LogP contribution is -2.37. The predicted molar refractivity (Wildman–Crippen MR) is 106 cm³/mol. The topological polar surface area (TPSA) is 83.7 Å². The van der Waals surface area contributed by atoms with E-state index in [4.69, 9.17) is 4.42 Å². The van der Waals surface area contributed by atoms with Crippen LogP contribution in [-0.2, 0) is 10.5 Å². The number of aliphatic imine (C=N–C) groups is 1. The zero-order chi connectivity index (χ0) is 17.9. The Morgan fingerprint density at radius 2 is 2.15 bits per heavy atom. The standard InChI is InChI=1S/C18H19N3O3S2/c22-15(21-11-5-6-11)9-20-17(23)16-13(10-26-18-19-7-8-25-18)12-3-1-2-4-14(12)24-16/h1-4,11H,5-10H2,(H,20,23)(H,21,22). The highest BCUT2D eigenvalue weighted by Crippen LogP contribution is 2.32. The van der Waals surface area contributed by atoms with E-state index < -0.39 is 0 Å². The lowest BCUT2D eigenvalue weighted by molar-refractivity contribution is -0.120. The van der Waals surface area contributed by atoms with Crippen LogP contribution in [0.2, 0.25) is 0 Å². The molecule has 136 valence electrons. The Hall–Kier alpha value is -1.93. The summed E-state index contributed by atoms with van der Waals surface area (Å²) in [5.41, 5.74) is 1.53. The number of carbonyl (C=O) groups excluding carboxylic acids is 2. The normalized spacial score (nSPS) is 16.5. The molecular weight excluding hydrogens is 370 g/mol. The van der Waals surface area contributed by atoms with Gasteiger partial charge in [0.15, 0.2) is 5.76 Å². The van der Waals surface area contributed by atoms with Crippen LogP contribution >= 0.6 is 23.5 Å². The van der Waals surface area contributed by atoms with Crippen molar-refractivity contribution in [1.82, 2.24) is 10.6 Å². The third-order valence-electron chi connectivity index (χ3n) is 4.15. The summed E-state index contributed by atoms with van der Waals surface area (Å²) in [6, 6.07) is 7.89. The van der Waals surface area contributed by atoms with Crippen LogP contribution in [0.4, 0.5) is 0 Å². The molecule has 0 atom stereocenters. The molecule has 1 fully saturated rings. The number of amides is 2. The minimum atomic E-state index is -0.358. The van der Waals surface area contributed by atoms with Gasteiger partial charge in [-0.05, 0) is 18.9 Å². The smallest absolute Gasteiger partial charge is 0.287 e. The molecule has 2 heterocycles. The Morgan fingerprint density at radius 1 is 1.31 bits per heavy atom. The van der Waals surface area contributed by atoms with Gasteiger partial charge in [0.2, 0.25) is 5.91 Å². The van der Waals surface area contributed by atoms with Gasteiger partial charge in [0.1, 0.15) is 9.96 Å². The first-order valence-corrected chi connectivity index (χ1v) is 10.6. The third kappa shape index (κ3) is 4.07. The number of hydrogen-bond acceptors (Lipinski definition) is 6. The first kappa shape index (κ1) is 17.5. The number of thioether (sulfide) groups is 2. The van der Waals surface area contributed by atoms with E-state index in [-0.39, 0.29) is 30.2 Å². The Bertz CT molecular complexity index is 874. The van der Waals surface area contributed by atoms with E-state index >= 15 is 0 Å². The van der Waals surface area contributed by atoms with Crippen molar-refractivity contribution < 1.29 is 14.0 Å². The molecule has 2 N–H and O–H groups in total. The fourth-order valence-corrected chi connectivity index (χ4v) is 4.75. The average molecular weight is 390 g/mol. The second-order valence-electron chi connectivity index (χ2n) is 6.22. The maximum Gasteiger partial charge on any atom is 0.287 e. The average Bonchev–Trinajstić information content (AvgIpc) is 3.17. The molecule has 2 aromatic rings. The summed E-state index contributed by atoms with van der Waals surface area (Å²) in [5, 5.41) is 6.46. The molecule has 0 radical (unpaired) electrons. The summed E-state index contributed by atoms with van der Waals surface area (Å²) >= 11 is 3.36. The largest absolute Gasteiger partial charge is 0.451 e. The van der Waals surface area contributed by atoms with E-state index in [0.29, 0.717) is 11.3 Å². The van der Waals surface area contributed by atoms with Crippen molar-refractivity contribution in [2.24, 2.45) is 4.99 Å². The van der Waals surface area contributed by atoms with Gasteiger partial charge in [-0.25, -0.2) is 0 Å². The van der Waals surface area contributed by atoms with Crippen molar-refractivity contribution >= 4 is 50.7 Å². The zero-order valence-corrected chi connectivity index (χ0v) is 15.8. The van der Waals surface area contributed by atoms with Crippen molar-refractivity contribution in [2.75, 3.05) is 18.8 Å². The summed E-state index contributed by atoms with van der Waals surface area (Å²) in [6.45, 7) is 0.810. The first-order chi connectivity index (χ1) is 12.7. The summed E-state index contributed by atoms with van der Waals surface area (Å²) < 4.78 is 6.84. The van der Waals surface area contributed by atoms with E-state index in [9.17, 15) is 9.59 Å². The molecule has 6 nitrogen and oxygen atoms in total. The van der Waals surface area contributed by atoms with Crippen LogP contribution in [0.3, 0.4) is 0 Å². The Kier molecular flexibility index (Phi) is 5.21. The number of para-hydroxylation sites is 1. The number of rotatable bonds is 6. The van der Waals surface area contributed by atoms with Crippen molar-refractivity contribution in [3.8, 4) is 0 Å². The number of nitrogens with one attached hydrogen (secondary N) is 2. The lowest BCUT2D eigenvalue weighted by atomic mass is 10.1. The zero-order valence-electron chi connectivity index (χ0n) is 14.1. The molecule has 1 saturated carbocycles. The molecule has 2 amide bonds. The van der Waals surface area contributed by atoms with Crippen LogP contribution in [0.1, 0.15) is 29.0 Å². The SMILES string of the molecule is O=C(CNC(=O)c1oc2ccccc2c1CSC1=NCCS1)NC1CC1. The molecule has 8 heteroatoms. The molecule has 2 aliphatic rings. The Balaban J connectivity index is 1.49. The van der Waals surface area contributed by atoms with Gasteiger partial charge in [-0.1, -0.05) is 41.7 Å². The van der Waals surface area contributed by atoms with Crippen LogP contribution in [0.25, 0.3) is 11.0 Å². The Labute approximate surface area is 159 Å². The predicted octanol–water partition coefficient (Wildman–Crippen LogP) is 2.78. The molecule has 0 bridgehead atoms. The molecule has 1 aromatic heterocycles. The van der Waals surface area contributed by atoms with Gasteiger partial charge >= 0.3 is 0 Å². The first-order valence-electron chi connectivity index (χ1n) is 8.59. The van der Waals surface area contributed by atoms with Crippen LogP contribution in [-0.4, -0.2) is 41.1 Å². The van der Waals surface area contributed by atoms with Gasteiger partial charge in [0.05, 0.1) is 13.1 Å². The van der Waals surface area contributed by atoms with Gasteiger partial charge in [-0.3, -0.25) is 14.6 Å². The highest BCUT2D eigenvalue weighted by atomic mass is 32.2. The van der Waals surface area contributed by atoms with E-state index in [0.717, 1.165) is 40.5 Å². The van der Waals surface area contributed by atoms with Gasteiger partial charge in [-0.2, -0.15) is 0 Å². The van der Waals surface area contributed by atoms with E-state index in [1.54, 1.807) is 23.5 Å². The second kappa shape index (κ2) is 7.75. The molecule has 0 unspecified atom stereocenters. The van der Waals surface area contributed by atoms with Gasteiger partial charge in [0, 0.05) is 28.5 Å². The van der Waals surface area contributed by atoms with E-state index in [1.165, 1.54) is 0 Å². The minimum absolute atomic E-state index is 0.0402. The fourth-order valence-electron chi connectivity index (χ4n) is 2.71. The second-order valence-corrected chi connectivity index (χ2v) is 8.52. The minimum Gasteiger partial charge on any atom is -0.451 e. The highest BCUT2D eigenvalue weighted by molar-refractivity contribution is 8.38. The molecule has 26 heavy (non-hydrogen) atoms. The molecule has 1 aliphatic heterocycles. The van der Waals surface area contributed by atoms with Gasteiger partial charge in [0.25, 0.3) is 5.91 Å². The third-order valence-corrected chi connectivity index (χ3v) is 6.43. The number of fused-ring (bicyclic) bond motifs is 1. The number of nitrogens with zero attached hydrogens (tertiary/aromatic N) is 1. The molecule has 0 spiro atoms. The summed E-state index contributed by atoms with van der Waals surface area (Å²) in [4.78, 5) is 28.9. The van der Waals surface area contributed by atoms with Crippen LogP contribution in [0, 0.1) is 0 Å². The fraction of sp³-hybridized carbons (Fsp3) is 0.389. The number of benzene rings is 1. The van der Waals surface area contributed by atoms with Gasteiger partial charge < -0.3 is 15.1 Å². The van der Waals surface area contributed by atoms with Crippen LogP contribution in [0.5, 0.6) is 0 Å². The maximum atomic E-state index is 12.6. The number of carbonyl (C=O) groups is 2. The quantitative estimate of drug-likeness (QED) is 0.794. The molecule has 0 saturated heterocycles. The highest BCUT2D eigenvalue weighted by Gasteiger charge is 2.25. The van der Waals surface area contributed by atoms with Crippen molar-refractivity contribution in [3.63, 3.8) is 0 Å². The molecule has 1 aromatic carbocycles. The molecule has 4 rings (SSSR count). The summed E-state index contributed by atoms with van der Waals surface area (Å²) in [6.07, 6.45) is 2.04. The van der Waals surface area contributed by atoms with E-state index in [2.05, 4.69) is 15.6 Å². The van der Waals surface area contributed by atoms with Crippen LogP contribution in [0.15, 0.2) is 33.7 Å². The number of furan rings is 1. The van der Waals surface area contributed by atoms with Crippen molar-refractivity contribution in [2.45, 2.75) is 24.6 Å². The summed E-state index contributed by atoms with van der Waals surface area (Å²) in [5.74, 6) is 1.38. The van der Waals surface area contributed by atoms with Crippen molar-refractivity contribution in [1.29, 1.82) is 0 Å². The van der Waals surface area contributed by atoms with Crippen molar-refractivity contribution in [3.05, 3.63) is 35.6 Å². The van der Waals surface area contributed by atoms with Gasteiger partial charge in [-0.15, -0.1) is 0 Å². The Morgan fingerprint density at radius 3 is 2.92 bits per heavy atom. The molecule has 1 aliphatic carbocycles. The number of hydrogen-bond donors (Lipinski definition) is 2. The lowest BCUT2D eigenvalue weighted by Gasteiger charge is -2.06. The maximum absolute atomic E-state index is 12.6. The monoisotopic (exact) mass is 389 g/mol.